The standard InChI is InChI=1S/C34H34N10/c35-21-31-37-18-14-30(42-31)39-25-15-19-43(20-16-25)22-23-8-10-26(11-9-23)44-33(27-7-4-17-38-32(27)36)41-29-13-12-28(40-34(29)44)24-5-2-1-3-6-24/h4-5,7-14,17-18,25H,1-3,6,15-16,19-20,22H2,(H2,36,38)(H,37,39,42). The number of pyridine rings is 2. The molecular formula is C34H34N10. The maximum absolute atomic E-state index is 9.07. The van der Waals surface area contributed by atoms with Crippen molar-refractivity contribution in [3.8, 4) is 23.1 Å². The van der Waals surface area contributed by atoms with Gasteiger partial charge in [0.15, 0.2) is 11.5 Å². The van der Waals surface area contributed by atoms with Crippen LogP contribution in [-0.4, -0.2) is 53.5 Å². The summed E-state index contributed by atoms with van der Waals surface area (Å²) in [6.45, 7) is 2.84. The number of piperidine rings is 1. The summed E-state index contributed by atoms with van der Waals surface area (Å²) in [5, 5.41) is 12.5. The number of anilines is 2. The maximum atomic E-state index is 9.07. The number of hydrogen-bond donors (Lipinski definition) is 2. The van der Waals surface area contributed by atoms with Crippen LogP contribution in [0.5, 0.6) is 0 Å². The second kappa shape index (κ2) is 12.2. The summed E-state index contributed by atoms with van der Waals surface area (Å²) < 4.78 is 2.11. The Hall–Kier alpha value is -5.14. The average Bonchev–Trinajstić information content (AvgIpc) is 3.45. The molecule has 3 N–H and O–H groups in total. The number of imidazole rings is 1. The van der Waals surface area contributed by atoms with Crippen LogP contribution in [0.3, 0.4) is 0 Å². The summed E-state index contributed by atoms with van der Waals surface area (Å²) in [5.41, 5.74) is 13.3. The Morgan fingerprint density at radius 1 is 0.932 bits per heavy atom. The minimum Gasteiger partial charge on any atom is -0.383 e. The zero-order valence-corrected chi connectivity index (χ0v) is 24.5. The van der Waals surface area contributed by atoms with E-state index in [-0.39, 0.29) is 5.82 Å². The van der Waals surface area contributed by atoms with Crippen LogP contribution in [-0.2, 0) is 6.54 Å². The van der Waals surface area contributed by atoms with Gasteiger partial charge in [-0.15, -0.1) is 0 Å². The quantitative estimate of drug-likeness (QED) is 0.246. The van der Waals surface area contributed by atoms with E-state index in [1.165, 1.54) is 24.0 Å². The van der Waals surface area contributed by atoms with Gasteiger partial charge in [-0.1, -0.05) is 18.2 Å². The van der Waals surface area contributed by atoms with Crippen LogP contribution in [0.1, 0.15) is 55.6 Å². The molecule has 0 unspecified atom stereocenters. The van der Waals surface area contributed by atoms with E-state index < -0.39 is 0 Å². The highest BCUT2D eigenvalue weighted by Gasteiger charge is 2.21. The highest BCUT2D eigenvalue weighted by atomic mass is 15.2. The molecule has 2 aliphatic rings. The van der Waals surface area contributed by atoms with E-state index in [0.29, 0.717) is 17.7 Å². The van der Waals surface area contributed by atoms with Crippen molar-refractivity contribution in [2.45, 2.75) is 51.1 Å². The fraction of sp³-hybridized carbons (Fsp3) is 0.294. The first kappa shape index (κ1) is 27.7. The first-order chi connectivity index (χ1) is 21.6. The van der Waals surface area contributed by atoms with Gasteiger partial charge in [0.1, 0.15) is 23.2 Å². The molecule has 1 aliphatic heterocycles. The molecule has 7 rings (SSSR count). The summed E-state index contributed by atoms with van der Waals surface area (Å²) in [7, 11) is 0. The molecule has 10 nitrogen and oxygen atoms in total. The molecule has 1 fully saturated rings. The topological polar surface area (TPSA) is 134 Å². The molecule has 0 radical (unpaired) electrons. The summed E-state index contributed by atoms with van der Waals surface area (Å²) in [6, 6.07) is 20.8. The number of nitrogens with zero attached hydrogens (tertiary/aromatic N) is 8. The van der Waals surface area contributed by atoms with Gasteiger partial charge >= 0.3 is 0 Å². The Kier molecular flexibility index (Phi) is 7.69. The minimum absolute atomic E-state index is 0.188. The number of fused-ring (bicyclic) bond motifs is 1. The number of nitriles is 1. The number of likely N-dealkylation sites (tertiary alicyclic amines) is 1. The molecule has 220 valence electrons. The van der Waals surface area contributed by atoms with Crippen molar-refractivity contribution in [3.63, 3.8) is 0 Å². The van der Waals surface area contributed by atoms with Crippen LogP contribution in [0.2, 0.25) is 0 Å². The molecule has 10 heteroatoms. The highest BCUT2D eigenvalue weighted by molar-refractivity contribution is 5.84. The molecule has 0 spiro atoms. The molecule has 1 saturated heterocycles. The van der Waals surface area contributed by atoms with Crippen LogP contribution < -0.4 is 11.1 Å². The summed E-state index contributed by atoms with van der Waals surface area (Å²) >= 11 is 0. The number of allylic oxidation sites excluding steroid dienone is 2. The Balaban J connectivity index is 1.12. The fourth-order valence-corrected chi connectivity index (χ4v) is 6.18. The van der Waals surface area contributed by atoms with Gasteiger partial charge in [-0.3, -0.25) is 9.47 Å². The first-order valence-corrected chi connectivity index (χ1v) is 15.3. The third-order valence-electron chi connectivity index (χ3n) is 8.50. The Morgan fingerprint density at radius 2 is 1.80 bits per heavy atom. The summed E-state index contributed by atoms with van der Waals surface area (Å²) in [4.78, 5) is 25.2. The molecule has 4 aromatic heterocycles. The molecule has 0 saturated carbocycles. The molecule has 0 atom stereocenters. The fourth-order valence-electron chi connectivity index (χ4n) is 6.18. The smallest absolute Gasteiger partial charge is 0.234 e. The average molecular weight is 583 g/mol. The lowest BCUT2D eigenvalue weighted by molar-refractivity contribution is 0.211. The van der Waals surface area contributed by atoms with E-state index >= 15 is 0 Å². The van der Waals surface area contributed by atoms with Crippen LogP contribution in [0.15, 0.2) is 73.1 Å². The van der Waals surface area contributed by atoms with Crippen LogP contribution in [0.25, 0.3) is 33.8 Å². The monoisotopic (exact) mass is 582 g/mol. The number of nitrogens with one attached hydrogen (secondary N) is 1. The summed E-state index contributed by atoms with van der Waals surface area (Å²) in [5.74, 6) is 2.08. The number of nitrogen functional groups attached to an aromatic ring is 1. The normalized spacial score (nSPS) is 16.0. The Bertz CT molecular complexity index is 1860. The van der Waals surface area contributed by atoms with Crippen LogP contribution >= 0.6 is 0 Å². The maximum Gasteiger partial charge on any atom is 0.234 e. The molecule has 0 amide bonds. The van der Waals surface area contributed by atoms with E-state index in [1.807, 2.05) is 24.3 Å². The van der Waals surface area contributed by atoms with Crippen molar-refractivity contribution in [2.75, 3.05) is 24.1 Å². The lowest BCUT2D eigenvalue weighted by Gasteiger charge is -2.32. The van der Waals surface area contributed by atoms with Crippen molar-refractivity contribution in [1.29, 1.82) is 5.26 Å². The minimum atomic E-state index is 0.188. The van der Waals surface area contributed by atoms with Crippen molar-refractivity contribution < 1.29 is 0 Å². The molecular weight excluding hydrogens is 548 g/mol. The number of benzene rings is 1. The van der Waals surface area contributed by atoms with Gasteiger partial charge in [0.2, 0.25) is 5.82 Å². The van der Waals surface area contributed by atoms with E-state index in [4.69, 9.17) is 21.0 Å². The van der Waals surface area contributed by atoms with Crippen molar-refractivity contribution in [3.05, 3.63) is 90.1 Å². The first-order valence-electron chi connectivity index (χ1n) is 15.3. The molecule has 5 heterocycles. The van der Waals surface area contributed by atoms with Gasteiger partial charge in [-0.2, -0.15) is 5.26 Å². The SMILES string of the molecule is N#Cc1nccc(NC2CCN(Cc3ccc(-n4c(-c5cccnc5N)nc5ccc(C6=CCCCC6)nc54)cc3)CC2)n1. The lowest BCUT2D eigenvalue weighted by atomic mass is 9.97. The van der Waals surface area contributed by atoms with E-state index in [2.05, 4.69) is 72.2 Å². The molecule has 1 aliphatic carbocycles. The van der Waals surface area contributed by atoms with Gasteiger partial charge in [-0.05, 0) is 92.1 Å². The number of rotatable bonds is 7. The molecule has 0 bridgehead atoms. The number of aromatic nitrogens is 6. The Labute approximate surface area is 256 Å². The Morgan fingerprint density at radius 3 is 2.57 bits per heavy atom. The predicted molar refractivity (Wildman–Crippen MR) is 172 cm³/mol. The van der Waals surface area contributed by atoms with Gasteiger partial charge in [0.25, 0.3) is 0 Å². The zero-order chi connectivity index (χ0) is 29.9. The second-order valence-electron chi connectivity index (χ2n) is 11.5. The predicted octanol–water partition coefficient (Wildman–Crippen LogP) is 5.76. The third-order valence-corrected chi connectivity index (χ3v) is 8.50. The van der Waals surface area contributed by atoms with E-state index in [1.54, 1.807) is 12.4 Å². The number of hydrogen-bond acceptors (Lipinski definition) is 9. The van der Waals surface area contributed by atoms with Crippen molar-refractivity contribution in [2.24, 2.45) is 0 Å². The van der Waals surface area contributed by atoms with Gasteiger partial charge in [-0.25, -0.2) is 24.9 Å². The highest BCUT2D eigenvalue weighted by Crippen LogP contribution is 2.33. The zero-order valence-electron chi connectivity index (χ0n) is 24.5. The van der Waals surface area contributed by atoms with Gasteiger partial charge < -0.3 is 11.1 Å². The van der Waals surface area contributed by atoms with Crippen molar-refractivity contribution >= 4 is 28.4 Å². The van der Waals surface area contributed by atoms with Crippen LogP contribution in [0, 0.1) is 11.3 Å². The largest absolute Gasteiger partial charge is 0.383 e. The molecule has 1 aromatic carbocycles. The number of nitrogens with two attached hydrogens (primary N) is 1. The summed E-state index contributed by atoms with van der Waals surface area (Å²) in [6.07, 6.45) is 12.3. The van der Waals surface area contributed by atoms with E-state index in [9.17, 15) is 0 Å². The van der Waals surface area contributed by atoms with Crippen molar-refractivity contribution in [1.82, 2.24) is 34.4 Å². The van der Waals surface area contributed by atoms with Gasteiger partial charge in [0, 0.05) is 43.8 Å². The van der Waals surface area contributed by atoms with E-state index in [0.717, 1.165) is 79.3 Å². The molecule has 44 heavy (non-hydrogen) atoms. The lowest BCUT2D eigenvalue weighted by Crippen LogP contribution is -2.38. The molecule has 5 aromatic rings. The van der Waals surface area contributed by atoms with Gasteiger partial charge in [0.05, 0.1) is 11.3 Å². The second-order valence-corrected chi connectivity index (χ2v) is 11.5. The third kappa shape index (κ3) is 5.74. The van der Waals surface area contributed by atoms with Crippen LogP contribution in [0.4, 0.5) is 11.6 Å².